The highest BCUT2D eigenvalue weighted by Gasteiger charge is 2.57. The monoisotopic (exact) mass is 192 g/mol. The molecule has 4 atom stereocenters. The SMILES string of the molecule is C=CC1(O)CC(C)C2CC=CCC21C. The first-order valence-corrected chi connectivity index (χ1v) is 5.54. The van der Waals surface area contributed by atoms with E-state index in [9.17, 15) is 5.11 Å². The predicted molar refractivity (Wildman–Crippen MR) is 58.9 cm³/mol. The molecule has 2 rings (SSSR count). The van der Waals surface area contributed by atoms with Crippen molar-refractivity contribution < 1.29 is 5.11 Å². The van der Waals surface area contributed by atoms with Crippen LogP contribution in [-0.2, 0) is 0 Å². The molecule has 14 heavy (non-hydrogen) atoms. The number of allylic oxidation sites excluding steroid dienone is 2. The Morgan fingerprint density at radius 2 is 2.21 bits per heavy atom. The molecule has 4 unspecified atom stereocenters. The number of rotatable bonds is 1. The Bertz CT molecular complexity index is 281. The first-order valence-electron chi connectivity index (χ1n) is 5.54. The maximum absolute atomic E-state index is 10.6. The topological polar surface area (TPSA) is 20.2 Å². The van der Waals surface area contributed by atoms with Crippen LogP contribution in [0.4, 0.5) is 0 Å². The number of hydrogen-bond acceptors (Lipinski definition) is 1. The van der Waals surface area contributed by atoms with Crippen LogP contribution < -0.4 is 0 Å². The third kappa shape index (κ3) is 1.05. The molecule has 0 bridgehead atoms. The zero-order valence-electron chi connectivity index (χ0n) is 9.16. The Morgan fingerprint density at radius 1 is 1.50 bits per heavy atom. The van der Waals surface area contributed by atoms with Crippen LogP contribution in [0.15, 0.2) is 24.8 Å². The van der Waals surface area contributed by atoms with Gasteiger partial charge < -0.3 is 5.11 Å². The van der Waals surface area contributed by atoms with Crippen molar-refractivity contribution in [3.05, 3.63) is 24.8 Å². The second-order valence-corrected chi connectivity index (χ2v) is 5.24. The minimum absolute atomic E-state index is 0.0168. The van der Waals surface area contributed by atoms with Crippen LogP contribution in [-0.4, -0.2) is 10.7 Å². The molecule has 1 fully saturated rings. The fraction of sp³-hybridized carbons (Fsp3) is 0.692. The van der Waals surface area contributed by atoms with Gasteiger partial charge in [-0.3, -0.25) is 0 Å². The molecular weight excluding hydrogens is 172 g/mol. The summed E-state index contributed by atoms with van der Waals surface area (Å²) in [6.45, 7) is 8.28. The lowest BCUT2D eigenvalue weighted by Crippen LogP contribution is -2.44. The van der Waals surface area contributed by atoms with Gasteiger partial charge in [0.25, 0.3) is 0 Å². The van der Waals surface area contributed by atoms with Gasteiger partial charge in [0.2, 0.25) is 0 Å². The Morgan fingerprint density at radius 3 is 2.86 bits per heavy atom. The third-order valence-corrected chi connectivity index (χ3v) is 4.56. The molecular formula is C13H20O. The van der Waals surface area contributed by atoms with Crippen molar-refractivity contribution in [1.29, 1.82) is 0 Å². The van der Waals surface area contributed by atoms with Gasteiger partial charge in [-0.2, -0.15) is 0 Å². The fourth-order valence-corrected chi connectivity index (χ4v) is 3.52. The lowest BCUT2D eigenvalue weighted by Gasteiger charge is -2.42. The average Bonchev–Trinajstić information content (AvgIpc) is 2.36. The van der Waals surface area contributed by atoms with Crippen LogP contribution in [0.5, 0.6) is 0 Å². The summed E-state index contributed by atoms with van der Waals surface area (Å²) in [7, 11) is 0. The normalized spacial score (nSPS) is 51.6. The molecule has 0 aromatic rings. The molecule has 0 aromatic heterocycles. The number of fused-ring (bicyclic) bond motifs is 1. The van der Waals surface area contributed by atoms with Gasteiger partial charge in [-0.05, 0) is 31.1 Å². The quantitative estimate of drug-likeness (QED) is 0.633. The molecule has 1 saturated carbocycles. The van der Waals surface area contributed by atoms with Gasteiger partial charge in [-0.15, -0.1) is 6.58 Å². The van der Waals surface area contributed by atoms with Gasteiger partial charge in [0, 0.05) is 5.41 Å². The molecule has 0 aliphatic heterocycles. The number of hydrogen-bond donors (Lipinski definition) is 1. The third-order valence-electron chi connectivity index (χ3n) is 4.56. The Labute approximate surface area is 86.5 Å². The van der Waals surface area contributed by atoms with Gasteiger partial charge in [-0.25, -0.2) is 0 Å². The summed E-state index contributed by atoms with van der Waals surface area (Å²) < 4.78 is 0. The summed E-state index contributed by atoms with van der Waals surface area (Å²) in [4.78, 5) is 0. The lowest BCUT2D eigenvalue weighted by molar-refractivity contribution is -0.0289. The minimum atomic E-state index is -0.651. The molecule has 78 valence electrons. The van der Waals surface area contributed by atoms with Crippen LogP contribution in [0.25, 0.3) is 0 Å². The average molecular weight is 192 g/mol. The van der Waals surface area contributed by atoms with Crippen LogP contribution in [0, 0.1) is 17.3 Å². The Balaban J connectivity index is 2.42. The van der Waals surface area contributed by atoms with Crippen LogP contribution >= 0.6 is 0 Å². The van der Waals surface area contributed by atoms with E-state index in [1.807, 2.05) is 0 Å². The number of aliphatic hydroxyl groups is 1. The molecule has 0 spiro atoms. The highest BCUT2D eigenvalue weighted by molar-refractivity contribution is 5.20. The molecule has 0 radical (unpaired) electrons. The van der Waals surface area contributed by atoms with E-state index < -0.39 is 5.60 Å². The molecule has 0 amide bonds. The van der Waals surface area contributed by atoms with Gasteiger partial charge >= 0.3 is 0 Å². The first kappa shape index (κ1) is 9.97. The second kappa shape index (κ2) is 2.96. The van der Waals surface area contributed by atoms with Crippen LogP contribution in [0.3, 0.4) is 0 Å². The summed E-state index contributed by atoms with van der Waals surface area (Å²) in [5.74, 6) is 1.23. The maximum Gasteiger partial charge on any atom is 0.0886 e. The van der Waals surface area contributed by atoms with E-state index >= 15 is 0 Å². The van der Waals surface area contributed by atoms with E-state index in [4.69, 9.17) is 0 Å². The second-order valence-electron chi connectivity index (χ2n) is 5.24. The highest BCUT2D eigenvalue weighted by Crippen LogP contribution is 2.58. The van der Waals surface area contributed by atoms with E-state index in [-0.39, 0.29) is 5.41 Å². The Kier molecular flexibility index (Phi) is 2.11. The van der Waals surface area contributed by atoms with Gasteiger partial charge in [0.1, 0.15) is 0 Å². The van der Waals surface area contributed by atoms with E-state index in [1.165, 1.54) is 0 Å². The van der Waals surface area contributed by atoms with E-state index in [1.54, 1.807) is 6.08 Å². The van der Waals surface area contributed by atoms with Crippen LogP contribution in [0.2, 0.25) is 0 Å². The lowest BCUT2D eigenvalue weighted by atomic mass is 9.65. The zero-order valence-corrected chi connectivity index (χ0v) is 9.16. The van der Waals surface area contributed by atoms with Gasteiger partial charge in [-0.1, -0.05) is 32.1 Å². The smallest absolute Gasteiger partial charge is 0.0886 e. The molecule has 0 aromatic carbocycles. The van der Waals surface area contributed by atoms with Crippen LogP contribution in [0.1, 0.15) is 33.1 Å². The standard InChI is InChI=1S/C13H20O/c1-4-13(14)9-10(2)11-7-5-6-8-12(11,13)3/h4-6,10-11,14H,1,7-9H2,2-3H3. The van der Waals surface area contributed by atoms with Crippen molar-refractivity contribution in [3.8, 4) is 0 Å². The van der Waals surface area contributed by atoms with Crippen molar-refractivity contribution in [1.82, 2.24) is 0 Å². The van der Waals surface area contributed by atoms with Gasteiger partial charge in [0.15, 0.2) is 0 Å². The minimum Gasteiger partial charge on any atom is -0.385 e. The molecule has 2 aliphatic carbocycles. The van der Waals surface area contributed by atoms with E-state index in [2.05, 4.69) is 32.6 Å². The van der Waals surface area contributed by atoms with Crippen molar-refractivity contribution in [3.63, 3.8) is 0 Å². The molecule has 2 aliphatic rings. The summed E-state index contributed by atoms with van der Waals surface area (Å²) in [5.41, 5.74) is -0.634. The maximum atomic E-state index is 10.6. The predicted octanol–water partition coefficient (Wildman–Crippen LogP) is 2.92. The summed E-state index contributed by atoms with van der Waals surface area (Å²) in [5, 5.41) is 10.6. The summed E-state index contributed by atoms with van der Waals surface area (Å²) in [6, 6.07) is 0. The largest absolute Gasteiger partial charge is 0.385 e. The zero-order chi connectivity index (χ0) is 10.4. The van der Waals surface area contributed by atoms with Crippen molar-refractivity contribution in [2.24, 2.45) is 17.3 Å². The first-order chi connectivity index (χ1) is 6.53. The molecule has 1 nitrogen and oxygen atoms in total. The fourth-order valence-electron chi connectivity index (χ4n) is 3.52. The summed E-state index contributed by atoms with van der Waals surface area (Å²) >= 11 is 0. The van der Waals surface area contributed by atoms with Crippen molar-refractivity contribution in [2.75, 3.05) is 0 Å². The van der Waals surface area contributed by atoms with Crippen molar-refractivity contribution in [2.45, 2.75) is 38.7 Å². The highest BCUT2D eigenvalue weighted by atomic mass is 16.3. The van der Waals surface area contributed by atoms with E-state index in [0.29, 0.717) is 11.8 Å². The molecule has 0 heterocycles. The van der Waals surface area contributed by atoms with Crippen molar-refractivity contribution >= 4 is 0 Å². The Hall–Kier alpha value is -0.560. The molecule has 1 heteroatoms. The summed E-state index contributed by atoms with van der Waals surface area (Å²) in [6.07, 6.45) is 9.22. The van der Waals surface area contributed by atoms with E-state index in [0.717, 1.165) is 19.3 Å². The van der Waals surface area contributed by atoms with Gasteiger partial charge in [0.05, 0.1) is 5.60 Å². The molecule has 1 N–H and O–H groups in total. The molecule has 0 saturated heterocycles.